The summed E-state index contributed by atoms with van der Waals surface area (Å²) in [4.78, 5) is 22.7. The number of hydrogen-bond donors (Lipinski definition) is 0. The molecule has 0 aliphatic rings. The van der Waals surface area contributed by atoms with Crippen LogP contribution in [-0.4, -0.2) is 28.4 Å². The highest BCUT2D eigenvalue weighted by atomic mass is 127. The Morgan fingerprint density at radius 2 is 2.29 bits per heavy atom. The zero-order chi connectivity index (χ0) is 10.8. The van der Waals surface area contributed by atoms with Crippen molar-refractivity contribution in [3.8, 4) is 0 Å². The van der Waals surface area contributed by atoms with Crippen molar-refractivity contribution in [1.29, 1.82) is 0 Å². The van der Waals surface area contributed by atoms with E-state index in [4.69, 9.17) is 4.74 Å². The van der Waals surface area contributed by atoms with Crippen molar-refractivity contribution < 1.29 is 14.3 Å². The molecule has 0 aromatic rings. The third kappa shape index (κ3) is 5.95. The first-order valence-electron chi connectivity index (χ1n) is 4.39. The van der Waals surface area contributed by atoms with Gasteiger partial charge in [0.2, 0.25) is 6.41 Å². The smallest absolute Gasteiger partial charge is 0.418 e. The second-order valence-electron chi connectivity index (χ2n) is 2.56. The van der Waals surface area contributed by atoms with Gasteiger partial charge in [0, 0.05) is 11.0 Å². The highest BCUT2D eigenvalue weighted by Crippen LogP contribution is 1.96. The van der Waals surface area contributed by atoms with E-state index < -0.39 is 6.09 Å². The number of halogens is 1. The van der Waals surface area contributed by atoms with Gasteiger partial charge in [-0.25, -0.2) is 9.69 Å². The van der Waals surface area contributed by atoms with Gasteiger partial charge in [-0.2, -0.15) is 0 Å². The number of nitrogens with zero attached hydrogens (tertiary/aromatic N) is 1. The van der Waals surface area contributed by atoms with Gasteiger partial charge in [-0.05, 0) is 12.5 Å². The molecule has 0 aromatic heterocycles. The summed E-state index contributed by atoms with van der Waals surface area (Å²) in [7, 11) is 0. The number of rotatable bonds is 6. The summed E-state index contributed by atoms with van der Waals surface area (Å²) in [6.45, 7) is 2.40. The highest BCUT2D eigenvalue weighted by molar-refractivity contribution is 14.1. The van der Waals surface area contributed by atoms with Crippen molar-refractivity contribution >= 4 is 35.1 Å². The number of imide groups is 1. The molecule has 0 aromatic carbocycles. The van der Waals surface area contributed by atoms with Crippen LogP contribution in [0.15, 0.2) is 12.3 Å². The number of unbranched alkanes of at least 4 members (excludes halogenated alkanes) is 1. The van der Waals surface area contributed by atoms with Gasteiger partial charge in [-0.1, -0.05) is 35.9 Å². The minimum Gasteiger partial charge on any atom is -0.418 e. The molecule has 80 valence electrons. The largest absolute Gasteiger partial charge is 0.421 e. The van der Waals surface area contributed by atoms with Crippen molar-refractivity contribution in [3.63, 3.8) is 0 Å². The van der Waals surface area contributed by atoms with E-state index in [1.165, 1.54) is 6.26 Å². The number of amides is 2. The average Bonchev–Trinajstić information content (AvgIpc) is 2.19. The first-order chi connectivity index (χ1) is 6.76. The van der Waals surface area contributed by atoms with Crippen molar-refractivity contribution in [2.75, 3.05) is 11.0 Å². The molecular weight excluding hydrogens is 297 g/mol. The minimum atomic E-state index is -0.616. The van der Waals surface area contributed by atoms with Crippen LogP contribution in [0.4, 0.5) is 4.79 Å². The van der Waals surface area contributed by atoms with Gasteiger partial charge in [0.1, 0.15) is 0 Å². The van der Waals surface area contributed by atoms with Crippen LogP contribution < -0.4 is 0 Å². The summed E-state index contributed by atoms with van der Waals surface area (Å²) in [5.74, 6) is 0. The van der Waals surface area contributed by atoms with Crippen molar-refractivity contribution in [1.82, 2.24) is 4.90 Å². The second kappa shape index (κ2) is 8.98. The molecule has 0 saturated carbocycles. The summed E-state index contributed by atoms with van der Waals surface area (Å²) in [5, 5.41) is 0. The molecule has 0 atom stereocenters. The fourth-order valence-corrected chi connectivity index (χ4v) is 0.933. The topological polar surface area (TPSA) is 46.6 Å². The molecule has 0 fully saturated rings. The maximum atomic E-state index is 11.2. The summed E-state index contributed by atoms with van der Waals surface area (Å²) in [5.41, 5.74) is 0. The molecule has 0 rings (SSSR count). The van der Waals surface area contributed by atoms with Crippen LogP contribution in [0.25, 0.3) is 0 Å². The van der Waals surface area contributed by atoms with Crippen LogP contribution in [0.5, 0.6) is 0 Å². The third-order valence-electron chi connectivity index (χ3n) is 1.47. The molecule has 0 spiro atoms. The van der Waals surface area contributed by atoms with Crippen LogP contribution >= 0.6 is 22.6 Å². The molecule has 0 unspecified atom stereocenters. The van der Waals surface area contributed by atoms with Crippen LogP contribution in [0.2, 0.25) is 0 Å². The van der Waals surface area contributed by atoms with E-state index in [1.807, 2.05) is 6.92 Å². The van der Waals surface area contributed by atoms with E-state index in [2.05, 4.69) is 22.6 Å². The zero-order valence-corrected chi connectivity index (χ0v) is 10.3. The average molecular weight is 311 g/mol. The Kier molecular flexibility index (Phi) is 8.61. The molecule has 5 heteroatoms. The fourth-order valence-electron chi connectivity index (χ4n) is 0.726. The second-order valence-corrected chi connectivity index (χ2v) is 3.44. The lowest BCUT2D eigenvalue weighted by molar-refractivity contribution is -0.116. The third-order valence-corrected chi connectivity index (χ3v) is 1.98. The van der Waals surface area contributed by atoms with Crippen molar-refractivity contribution in [2.45, 2.75) is 19.8 Å². The molecule has 0 radical (unpaired) electrons. The normalized spacial score (nSPS) is 10.1. The zero-order valence-electron chi connectivity index (χ0n) is 8.11. The molecule has 0 bridgehead atoms. The van der Waals surface area contributed by atoms with E-state index in [0.717, 1.165) is 22.2 Å². The van der Waals surface area contributed by atoms with E-state index in [0.29, 0.717) is 13.0 Å². The lowest BCUT2D eigenvalue weighted by atomic mass is 10.3. The Balaban J connectivity index is 3.91. The number of alkyl halides is 1. The van der Waals surface area contributed by atoms with Crippen molar-refractivity contribution in [3.05, 3.63) is 12.3 Å². The Morgan fingerprint density at radius 3 is 2.79 bits per heavy atom. The number of hydrogen-bond acceptors (Lipinski definition) is 3. The quantitative estimate of drug-likeness (QED) is 0.327. The number of carbonyl (C=O) groups excluding carboxylic acids is 2. The van der Waals surface area contributed by atoms with Gasteiger partial charge in [0.05, 0.1) is 6.26 Å². The number of carbonyl (C=O) groups is 2. The fraction of sp³-hybridized carbons (Fsp3) is 0.556. The van der Waals surface area contributed by atoms with Crippen LogP contribution in [0.1, 0.15) is 19.8 Å². The lowest BCUT2D eigenvalue weighted by Crippen LogP contribution is -2.30. The predicted molar refractivity (Wildman–Crippen MR) is 62.2 cm³/mol. The molecule has 0 saturated heterocycles. The lowest BCUT2D eigenvalue weighted by Gasteiger charge is -2.12. The molecular formula is C9H14INO3. The van der Waals surface area contributed by atoms with Gasteiger partial charge >= 0.3 is 6.09 Å². The van der Waals surface area contributed by atoms with Crippen LogP contribution in [0, 0.1) is 0 Å². The van der Waals surface area contributed by atoms with E-state index in [1.54, 1.807) is 6.08 Å². The van der Waals surface area contributed by atoms with Crippen LogP contribution in [0.3, 0.4) is 0 Å². The number of allylic oxidation sites excluding steroid dienone is 1. The maximum absolute atomic E-state index is 11.2. The summed E-state index contributed by atoms with van der Waals surface area (Å²) < 4.78 is 5.47. The van der Waals surface area contributed by atoms with E-state index in [-0.39, 0.29) is 0 Å². The van der Waals surface area contributed by atoms with E-state index >= 15 is 0 Å². The van der Waals surface area contributed by atoms with Gasteiger partial charge in [0.25, 0.3) is 0 Å². The van der Waals surface area contributed by atoms with Gasteiger partial charge in [-0.15, -0.1) is 0 Å². The standard InChI is InChI=1S/C9H14INO3/c1-2-3-6-11(8-12)9(13)14-7-4-5-10/h4,7-8H,2-3,5-6H2,1H3. The SMILES string of the molecule is CCCCN(C=O)C(=O)OC=CCI. The maximum Gasteiger partial charge on any atom is 0.421 e. The van der Waals surface area contributed by atoms with E-state index in [9.17, 15) is 9.59 Å². The van der Waals surface area contributed by atoms with Gasteiger partial charge in [0.15, 0.2) is 0 Å². The molecule has 0 heterocycles. The number of ether oxygens (including phenoxy) is 1. The predicted octanol–water partition coefficient (Wildman–Crippen LogP) is 2.33. The van der Waals surface area contributed by atoms with Gasteiger partial charge in [-0.3, -0.25) is 4.79 Å². The Labute approximate surface area is 97.4 Å². The highest BCUT2D eigenvalue weighted by Gasteiger charge is 2.11. The molecule has 0 N–H and O–H groups in total. The molecule has 0 aliphatic heterocycles. The monoisotopic (exact) mass is 311 g/mol. The van der Waals surface area contributed by atoms with Crippen LogP contribution in [-0.2, 0) is 9.53 Å². The molecule has 2 amide bonds. The molecule has 0 aliphatic carbocycles. The first-order valence-corrected chi connectivity index (χ1v) is 5.92. The summed E-state index contributed by atoms with van der Waals surface area (Å²) in [6, 6.07) is 0. The molecule has 14 heavy (non-hydrogen) atoms. The molecule has 4 nitrogen and oxygen atoms in total. The summed E-state index contributed by atoms with van der Waals surface area (Å²) in [6.07, 6.45) is 4.61. The Hall–Kier alpha value is -0.590. The van der Waals surface area contributed by atoms with Crippen molar-refractivity contribution in [2.24, 2.45) is 0 Å². The Bertz CT molecular complexity index is 206. The first kappa shape index (κ1) is 13.4. The Morgan fingerprint density at radius 1 is 1.57 bits per heavy atom. The van der Waals surface area contributed by atoms with Gasteiger partial charge < -0.3 is 4.74 Å². The minimum absolute atomic E-state index is 0.414. The summed E-state index contributed by atoms with van der Waals surface area (Å²) >= 11 is 2.12.